The smallest absolute Gasteiger partial charge is 0.270 e. The number of aromatic amines is 1. The van der Waals surface area contributed by atoms with E-state index in [1.54, 1.807) is 6.07 Å². The van der Waals surface area contributed by atoms with Crippen molar-refractivity contribution in [1.82, 2.24) is 9.97 Å². The van der Waals surface area contributed by atoms with E-state index in [9.17, 15) is 14.9 Å². The number of rotatable bonds is 4. The number of aromatic nitrogens is 2. The molecule has 0 aliphatic carbocycles. The predicted molar refractivity (Wildman–Crippen MR) is 100 cm³/mol. The first kappa shape index (κ1) is 17.0. The van der Waals surface area contributed by atoms with Gasteiger partial charge in [0.15, 0.2) is 0 Å². The van der Waals surface area contributed by atoms with Crippen LogP contribution in [0.25, 0.3) is 11.0 Å². The highest BCUT2D eigenvalue weighted by Crippen LogP contribution is 2.27. The van der Waals surface area contributed by atoms with E-state index in [4.69, 9.17) is 4.74 Å². The maximum atomic E-state index is 12.9. The monoisotopic (exact) mass is 367 g/mol. The van der Waals surface area contributed by atoms with Crippen LogP contribution in [0.4, 0.5) is 17.3 Å². The molecule has 2 aromatic carbocycles. The minimum absolute atomic E-state index is 0.137. The van der Waals surface area contributed by atoms with Crippen LogP contribution in [0.15, 0.2) is 42.5 Å². The van der Waals surface area contributed by atoms with Gasteiger partial charge in [0.25, 0.3) is 11.6 Å². The standard InChI is InChI=1S/C18H17N5O4/c24-17(21-18-19-14-3-1-2-4-15(14)20-18)13-11-12(23(25)26)5-6-16(13)22-7-9-27-10-8-22/h1-6,11H,7-10H2,(H2,19,20,21,24). The topological polar surface area (TPSA) is 113 Å². The predicted octanol–water partition coefficient (Wildman–Crippen LogP) is 2.56. The number of morpholine rings is 1. The lowest BCUT2D eigenvalue weighted by atomic mass is 10.1. The average Bonchev–Trinajstić information content (AvgIpc) is 3.10. The molecule has 0 atom stereocenters. The molecule has 1 fully saturated rings. The molecular weight excluding hydrogens is 350 g/mol. The van der Waals surface area contributed by atoms with Crippen molar-refractivity contribution in [1.29, 1.82) is 0 Å². The van der Waals surface area contributed by atoms with Crippen molar-refractivity contribution in [3.8, 4) is 0 Å². The Morgan fingerprint density at radius 2 is 2.00 bits per heavy atom. The Bertz CT molecular complexity index is 977. The molecule has 1 aliphatic heterocycles. The number of nitro benzene ring substituents is 1. The largest absolute Gasteiger partial charge is 0.378 e. The number of nitrogens with zero attached hydrogens (tertiary/aromatic N) is 3. The summed E-state index contributed by atoms with van der Waals surface area (Å²) in [5, 5.41) is 13.9. The summed E-state index contributed by atoms with van der Waals surface area (Å²) in [6.07, 6.45) is 0. The molecule has 1 aliphatic rings. The summed E-state index contributed by atoms with van der Waals surface area (Å²) in [6.45, 7) is 2.31. The lowest BCUT2D eigenvalue weighted by molar-refractivity contribution is -0.384. The first-order valence-electron chi connectivity index (χ1n) is 8.49. The van der Waals surface area contributed by atoms with E-state index >= 15 is 0 Å². The van der Waals surface area contributed by atoms with Crippen molar-refractivity contribution >= 4 is 34.3 Å². The Morgan fingerprint density at radius 3 is 2.74 bits per heavy atom. The summed E-state index contributed by atoms with van der Waals surface area (Å²) in [6, 6.07) is 11.7. The molecule has 0 spiro atoms. The molecule has 1 aromatic heterocycles. The second kappa shape index (κ2) is 7.04. The average molecular weight is 367 g/mol. The van der Waals surface area contributed by atoms with Crippen LogP contribution in [-0.4, -0.2) is 47.1 Å². The third kappa shape index (κ3) is 3.44. The number of anilines is 2. The number of nitrogens with one attached hydrogen (secondary N) is 2. The number of fused-ring (bicyclic) bond motifs is 1. The molecule has 1 amide bonds. The minimum atomic E-state index is -0.513. The summed E-state index contributed by atoms with van der Waals surface area (Å²) in [5.74, 6) is -0.167. The van der Waals surface area contributed by atoms with Gasteiger partial charge in [0, 0.05) is 25.2 Å². The Morgan fingerprint density at radius 1 is 1.22 bits per heavy atom. The van der Waals surface area contributed by atoms with Gasteiger partial charge < -0.3 is 14.6 Å². The number of imidazole rings is 1. The highest BCUT2D eigenvalue weighted by Gasteiger charge is 2.22. The molecule has 4 rings (SSSR count). The van der Waals surface area contributed by atoms with Crippen LogP contribution in [0.2, 0.25) is 0 Å². The van der Waals surface area contributed by atoms with Crippen molar-refractivity contribution in [2.75, 3.05) is 36.5 Å². The molecular formula is C18H17N5O4. The lowest BCUT2D eigenvalue weighted by Crippen LogP contribution is -2.37. The normalized spacial score (nSPS) is 14.3. The number of ether oxygens (including phenoxy) is 1. The number of amides is 1. The molecule has 9 heteroatoms. The number of hydrogen-bond acceptors (Lipinski definition) is 6. The van der Waals surface area contributed by atoms with Gasteiger partial charge in [-0.3, -0.25) is 20.2 Å². The first-order chi connectivity index (χ1) is 13.1. The Hall–Kier alpha value is -3.46. The highest BCUT2D eigenvalue weighted by molar-refractivity contribution is 6.08. The second-order valence-electron chi connectivity index (χ2n) is 6.11. The van der Waals surface area contributed by atoms with Gasteiger partial charge in [-0.25, -0.2) is 4.98 Å². The Balaban J connectivity index is 1.67. The highest BCUT2D eigenvalue weighted by atomic mass is 16.6. The van der Waals surface area contributed by atoms with Crippen LogP contribution in [0.5, 0.6) is 0 Å². The number of para-hydroxylation sites is 2. The number of non-ortho nitro benzene ring substituents is 1. The van der Waals surface area contributed by atoms with Crippen molar-refractivity contribution in [2.45, 2.75) is 0 Å². The SMILES string of the molecule is O=C(Nc1nc2ccccc2[nH]1)c1cc([N+](=O)[O-])ccc1N1CCOCC1. The van der Waals surface area contributed by atoms with Crippen LogP contribution in [0.3, 0.4) is 0 Å². The zero-order valence-electron chi connectivity index (χ0n) is 14.3. The van der Waals surface area contributed by atoms with Gasteiger partial charge in [0.1, 0.15) is 0 Å². The van der Waals surface area contributed by atoms with Crippen LogP contribution in [-0.2, 0) is 4.74 Å². The fourth-order valence-electron chi connectivity index (χ4n) is 3.09. The molecule has 2 heterocycles. The molecule has 138 valence electrons. The van der Waals surface area contributed by atoms with Gasteiger partial charge in [-0.1, -0.05) is 12.1 Å². The molecule has 0 bridgehead atoms. The number of nitro groups is 1. The van der Waals surface area contributed by atoms with Crippen molar-refractivity contribution in [3.05, 3.63) is 58.1 Å². The van der Waals surface area contributed by atoms with E-state index in [1.165, 1.54) is 12.1 Å². The van der Waals surface area contributed by atoms with Gasteiger partial charge in [0.2, 0.25) is 5.95 Å². The van der Waals surface area contributed by atoms with Gasteiger partial charge in [-0.05, 0) is 18.2 Å². The fraction of sp³-hybridized carbons (Fsp3) is 0.222. The van der Waals surface area contributed by atoms with E-state index in [1.807, 2.05) is 29.2 Å². The van der Waals surface area contributed by atoms with Crippen molar-refractivity contribution in [2.24, 2.45) is 0 Å². The molecule has 1 saturated heterocycles. The molecule has 3 aromatic rings. The minimum Gasteiger partial charge on any atom is -0.378 e. The molecule has 0 radical (unpaired) electrons. The first-order valence-corrected chi connectivity index (χ1v) is 8.49. The van der Waals surface area contributed by atoms with E-state index in [-0.39, 0.29) is 11.3 Å². The quantitative estimate of drug-likeness (QED) is 0.541. The van der Waals surface area contributed by atoms with E-state index in [2.05, 4.69) is 15.3 Å². The number of carbonyl (C=O) groups excluding carboxylic acids is 1. The van der Waals surface area contributed by atoms with Crippen LogP contribution in [0.1, 0.15) is 10.4 Å². The maximum absolute atomic E-state index is 12.9. The summed E-state index contributed by atoms with van der Waals surface area (Å²) in [5.41, 5.74) is 2.24. The third-order valence-corrected chi connectivity index (χ3v) is 4.41. The van der Waals surface area contributed by atoms with E-state index < -0.39 is 10.8 Å². The van der Waals surface area contributed by atoms with Crippen molar-refractivity contribution in [3.63, 3.8) is 0 Å². The van der Waals surface area contributed by atoms with Crippen molar-refractivity contribution < 1.29 is 14.5 Å². The second-order valence-corrected chi connectivity index (χ2v) is 6.11. The maximum Gasteiger partial charge on any atom is 0.270 e. The number of carbonyl (C=O) groups is 1. The Kier molecular flexibility index (Phi) is 4.43. The molecule has 0 unspecified atom stereocenters. The van der Waals surface area contributed by atoms with Crippen LogP contribution in [0, 0.1) is 10.1 Å². The molecule has 2 N–H and O–H groups in total. The number of hydrogen-bond donors (Lipinski definition) is 2. The lowest BCUT2D eigenvalue weighted by Gasteiger charge is -2.30. The van der Waals surface area contributed by atoms with Gasteiger partial charge in [0.05, 0.1) is 40.4 Å². The Labute approximate surface area is 154 Å². The number of benzene rings is 2. The summed E-state index contributed by atoms with van der Waals surface area (Å²) < 4.78 is 5.35. The van der Waals surface area contributed by atoms with Crippen LogP contribution < -0.4 is 10.2 Å². The molecule has 27 heavy (non-hydrogen) atoms. The zero-order chi connectivity index (χ0) is 18.8. The number of H-pyrrole nitrogens is 1. The summed E-state index contributed by atoms with van der Waals surface area (Å²) in [7, 11) is 0. The van der Waals surface area contributed by atoms with E-state index in [0.717, 1.165) is 11.0 Å². The van der Waals surface area contributed by atoms with Gasteiger partial charge >= 0.3 is 0 Å². The summed E-state index contributed by atoms with van der Waals surface area (Å²) in [4.78, 5) is 32.9. The summed E-state index contributed by atoms with van der Waals surface area (Å²) >= 11 is 0. The van der Waals surface area contributed by atoms with Gasteiger partial charge in [-0.2, -0.15) is 0 Å². The molecule has 9 nitrogen and oxygen atoms in total. The fourth-order valence-corrected chi connectivity index (χ4v) is 3.09. The third-order valence-electron chi connectivity index (χ3n) is 4.41. The zero-order valence-corrected chi connectivity index (χ0v) is 14.3. The molecule has 0 saturated carbocycles. The van der Waals surface area contributed by atoms with Crippen LogP contribution >= 0.6 is 0 Å². The van der Waals surface area contributed by atoms with Gasteiger partial charge in [-0.15, -0.1) is 0 Å². The van der Waals surface area contributed by atoms with E-state index in [0.29, 0.717) is 37.9 Å².